The Hall–Kier alpha value is -2.49. The lowest BCUT2D eigenvalue weighted by Gasteiger charge is -2.02. The zero-order valence-electron chi connectivity index (χ0n) is 8.92. The van der Waals surface area contributed by atoms with Crippen molar-refractivity contribution in [3.05, 3.63) is 59.4 Å². The molecule has 0 bridgehead atoms. The molecule has 0 atom stereocenters. The number of nitrogens with one attached hydrogen (secondary N) is 1. The summed E-state index contributed by atoms with van der Waals surface area (Å²) in [5, 5.41) is 1.07. The standard InChI is InChI=1S/C13H9N3O/c17-13-15-7-11(8-16-13)9-3-4-12-10(6-9)2-1-5-14-12/h1-8H,(H,15,16,17). The summed E-state index contributed by atoms with van der Waals surface area (Å²) < 4.78 is 0. The van der Waals surface area contributed by atoms with E-state index in [0.29, 0.717) is 0 Å². The van der Waals surface area contributed by atoms with Crippen molar-refractivity contribution in [1.29, 1.82) is 0 Å². The van der Waals surface area contributed by atoms with E-state index >= 15 is 0 Å². The topological polar surface area (TPSA) is 58.6 Å². The monoisotopic (exact) mass is 223 g/mol. The van der Waals surface area contributed by atoms with E-state index in [-0.39, 0.29) is 5.69 Å². The molecule has 0 fully saturated rings. The van der Waals surface area contributed by atoms with Gasteiger partial charge >= 0.3 is 5.69 Å². The molecule has 0 amide bonds. The van der Waals surface area contributed by atoms with Crippen LogP contribution >= 0.6 is 0 Å². The molecule has 0 unspecified atom stereocenters. The van der Waals surface area contributed by atoms with Gasteiger partial charge in [0.1, 0.15) is 0 Å². The first-order valence-corrected chi connectivity index (χ1v) is 5.23. The first-order valence-electron chi connectivity index (χ1n) is 5.23. The van der Waals surface area contributed by atoms with E-state index in [4.69, 9.17) is 0 Å². The van der Waals surface area contributed by atoms with Gasteiger partial charge < -0.3 is 4.98 Å². The summed E-state index contributed by atoms with van der Waals surface area (Å²) >= 11 is 0. The van der Waals surface area contributed by atoms with Crippen LogP contribution in [0.1, 0.15) is 0 Å². The highest BCUT2D eigenvalue weighted by atomic mass is 16.1. The van der Waals surface area contributed by atoms with Gasteiger partial charge in [-0.05, 0) is 23.8 Å². The third-order valence-corrected chi connectivity index (χ3v) is 2.61. The maximum Gasteiger partial charge on any atom is 0.344 e. The van der Waals surface area contributed by atoms with Crippen LogP contribution in [0, 0.1) is 0 Å². The minimum absolute atomic E-state index is 0.337. The number of hydrogen-bond acceptors (Lipinski definition) is 3. The summed E-state index contributed by atoms with van der Waals surface area (Å²) in [4.78, 5) is 21.4. The zero-order valence-corrected chi connectivity index (χ0v) is 8.92. The maximum atomic E-state index is 10.9. The van der Waals surface area contributed by atoms with E-state index in [2.05, 4.69) is 15.0 Å². The van der Waals surface area contributed by atoms with Gasteiger partial charge in [-0.2, -0.15) is 0 Å². The number of fused-ring (bicyclic) bond motifs is 1. The van der Waals surface area contributed by atoms with Gasteiger partial charge in [-0.1, -0.05) is 12.1 Å². The van der Waals surface area contributed by atoms with E-state index in [9.17, 15) is 4.79 Å². The zero-order chi connectivity index (χ0) is 11.7. The lowest BCUT2D eigenvalue weighted by atomic mass is 10.1. The first-order chi connectivity index (χ1) is 8.33. The summed E-state index contributed by atoms with van der Waals surface area (Å²) in [6, 6.07) is 9.85. The molecule has 0 aliphatic heterocycles. The lowest BCUT2D eigenvalue weighted by molar-refractivity contribution is 1.08. The summed E-state index contributed by atoms with van der Waals surface area (Å²) in [5.41, 5.74) is 2.51. The molecule has 1 N–H and O–H groups in total. The summed E-state index contributed by atoms with van der Waals surface area (Å²) in [7, 11) is 0. The molecular weight excluding hydrogens is 214 g/mol. The van der Waals surface area contributed by atoms with E-state index in [0.717, 1.165) is 22.0 Å². The first kappa shape index (κ1) is 9.72. The van der Waals surface area contributed by atoms with Gasteiger partial charge in [-0.15, -0.1) is 0 Å². The molecule has 0 saturated carbocycles. The van der Waals surface area contributed by atoms with Crippen molar-refractivity contribution in [2.75, 3.05) is 0 Å². The minimum Gasteiger partial charge on any atom is -0.312 e. The molecule has 0 radical (unpaired) electrons. The molecule has 17 heavy (non-hydrogen) atoms. The number of pyridine rings is 1. The molecule has 3 rings (SSSR count). The van der Waals surface area contributed by atoms with E-state index in [1.165, 1.54) is 0 Å². The molecule has 3 aromatic rings. The van der Waals surface area contributed by atoms with Crippen molar-refractivity contribution in [1.82, 2.24) is 15.0 Å². The summed E-state index contributed by atoms with van der Waals surface area (Å²) in [6.45, 7) is 0. The highest BCUT2D eigenvalue weighted by Crippen LogP contribution is 2.21. The Morgan fingerprint density at radius 3 is 2.82 bits per heavy atom. The van der Waals surface area contributed by atoms with Gasteiger partial charge in [-0.3, -0.25) is 4.98 Å². The van der Waals surface area contributed by atoms with Crippen molar-refractivity contribution in [3.8, 4) is 11.1 Å². The van der Waals surface area contributed by atoms with Crippen LogP contribution < -0.4 is 5.69 Å². The number of H-pyrrole nitrogens is 1. The highest BCUT2D eigenvalue weighted by Gasteiger charge is 2.00. The van der Waals surface area contributed by atoms with Gasteiger partial charge in [0.15, 0.2) is 0 Å². The van der Waals surface area contributed by atoms with Crippen LogP contribution in [0.3, 0.4) is 0 Å². The lowest BCUT2D eigenvalue weighted by Crippen LogP contribution is -2.07. The van der Waals surface area contributed by atoms with E-state index in [1.54, 1.807) is 18.6 Å². The summed E-state index contributed by atoms with van der Waals surface area (Å²) in [6.07, 6.45) is 4.99. The fraction of sp³-hybridized carbons (Fsp3) is 0. The van der Waals surface area contributed by atoms with Crippen molar-refractivity contribution in [3.63, 3.8) is 0 Å². The van der Waals surface area contributed by atoms with Crippen LogP contribution in [0.4, 0.5) is 0 Å². The van der Waals surface area contributed by atoms with Gasteiger partial charge in [0.25, 0.3) is 0 Å². The number of hydrogen-bond donors (Lipinski definition) is 1. The molecule has 2 aromatic heterocycles. The fourth-order valence-corrected chi connectivity index (χ4v) is 1.76. The molecule has 4 heteroatoms. The van der Waals surface area contributed by atoms with Gasteiger partial charge in [-0.25, -0.2) is 9.78 Å². The molecule has 0 spiro atoms. The quantitative estimate of drug-likeness (QED) is 0.686. The molecule has 0 aliphatic rings. The number of rotatable bonds is 1. The van der Waals surface area contributed by atoms with Crippen LogP contribution in [0.25, 0.3) is 22.0 Å². The second-order valence-corrected chi connectivity index (χ2v) is 3.72. The molecule has 2 heterocycles. The molecule has 4 nitrogen and oxygen atoms in total. The molecule has 1 aromatic carbocycles. The van der Waals surface area contributed by atoms with Crippen molar-refractivity contribution >= 4 is 10.9 Å². The average Bonchev–Trinajstić information content (AvgIpc) is 2.39. The molecule has 0 saturated heterocycles. The highest BCUT2D eigenvalue weighted by molar-refractivity contribution is 5.83. The van der Waals surface area contributed by atoms with E-state index < -0.39 is 0 Å². The van der Waals surface area contributed by atoms with Gasteiger partial charge in [0, 0.05) is 29.5 Å². The van der Waals surface area contributed by atoms with E-state index in [1.807, 2.05) is 30.3 Å². The number of benzene rings is 1. The Bertz CT molecular complexity index is 713. The second kappa shape index (κ2) is 3.83. The predicted molar refractivity (Wildman–Crippen MR) is 65.6 cm³/mol. The predicted octanol–water partition coefficient (Wildman–Crippen LogP) is 1.99. The number of aromatic nitrogens is 3. The third-order valence-electron chi connectivity index (χ3n) is 2.61. The van der Waals surface area contributed by atoms with Crippen LogP contribution in [0.15, 0.2) is 53.7 Å². The van der Waals surface area contributed by atoms with Gasteiger partial charge in [0.05, 0.1) is 5.52 Å². The van der Waals surface area contributed by atoms with Crippen molar-refractivity contribution in [2.24, 2.45) is 0 Å². The Morgan fingerprint density at radius 1 is 1.06 bits per heavy atom. The van der Waals surface area contributed by atoms with Crippen LogP contribution in [-0.4, -0.2) is 15.0 Å². The smallest absolute Gasteiger partial charge is 0.312 e. The largest absolute Gasteiger partial charge is 0.344 e. The fourth-order valence-electron chi connectivity index (χ4n) is 1.76. The molecular formula is C13H9N3O. The Labute approximate surface area is 97.0 Å². The maximum absolute atomic E-state index is 10.9. The normalized spacial score (nSPS) is 10.6. The summed E-state index contributed by atoms with van der Waals surface area (Å²) in [5.74, 6) is 0. The van der Waals surface area contributed by atoms with Crippen LogP contribution in [0.2, 0.25) is 0 Å². The Morgan fingerprint density at radius 2 is 2.00 bits per heavy atom. The Balaban J connectivity index is 2.17. The van der Waals surface area contributed by atoms with Crippen LogP contribution in [0.5, 0.6) is 0 Å². The SMILES string of the molecule is O=c1ncc(-c2ccc3ncccc3c2)c[nH]1. The molecule has 0 aliphatic carbocycles. The third kappa shape index (κ3) is 1.80. The Kier molecular flexibility index (Phi) is 2.19. The van der Waals surface area contributed by atoms with Crippen molar-refractivity contribution in [2.45, 2.75) is 0 Å². The molecule has 82 valence electrons. The second-order valence-electron chi connectivity index (χ2n) is 3.72. The van der Waals surface area contributed by atoms with Crippen LogP contribution in [-0.2, 0) is 0 Å². The average molecular weight is 223 g/mol. The number of nitrogens with zero attached hydrogens (tertiary/aromatic N) is 2. The minimum atomic E-state index is -0.337. The number of aromatic amines is 1. The van der Waals surface area contributed by atoms with Gasteiger partial charge in [0.2, 0.25) is 0 Å². The van der Waals surface area contributed by atoms with Crippen molar-refractivity contribution < 1.29 is 0 Å².